The normalized spacial score (nSPS) is 22.1. The van der Waals surface area contributed by atoms with Gasteiger partial charge in [-0.3, -0.25) is 4.79 Å². The molecule has 0 radical (unpaired) electrons. The minimum atomic E-state index is -0.886. The van der Waals surface area contributed by atoms with Crippen molar-refractivity contribution in [2.24, 2.45) is 5.10 Å². The van der Waals surface area contributed by atoms with Crippen molar-refractivity contribution in [1.29, 1.82) is 0 Å². The van der Waals surface area contributed by atoms with Crippen molar-refractivity contribution in [2.75, 3.05) is 10.3 Å². The molecule has 120 valence electrons. The van der Waals surface area contributed by atoms with E-state index in [1.165, 1.54) is 5.01 Å². The molecule has 2 aliphatic rings. The SMILES string of the molecule is CCC1=NN(c2ccccc2)C(=O)C12C=C(C)c1ccccc1N2. The minimum Gasteiger partial charge on any atom is -0.363 e. The third-order valence-corrected chi connectivity index (χ3v) is 4.66. The predicted octanol–water partition coefficient (Wildman–Crippen LogP) is 4.07. The molecule has 0 saturated heterocycles. The lowest BCUT2D eigenvalue weighted by Gasteiger charge is -2.33. The standard InChI is InChI=1S/C20H19N3O/c1-3-18-20(13-14(2)16-11-7-8-12-17(16)21-20)19(24)23(22-18)15-9-5-4-6-10-15/h4-13,21H,3H2,1-2H3. The molecule has 1 spiro atoms. The number of carbonyl (C=O) groups is 1. The molecule has 2 aromatic carbocycles. The van der Waals surface area contributed by atoms with Gasteiger partial charge in [0.1, 0.15) is 0 Å². The number of fused-ring (bicyclic) bond motifs is 1. The van der Waals surface area contributed by atoms with Gasteiger partial charge in [-0.05, 0) is 43.2 Å². The van der Waals surface area contributed by atoms with E-state index in [4.69, 9.17) is 0 Å². The Morgan fingerprint density at radius 1 is 1.08 bits per heavy atom. The molecule has 1 amide bonds. The van der Waals surface area contributed by atoms with Crippen molar-refractivity contribution < 1.29 is 4.79 Å². The third-order valence-electron chi connectivity index (χ3n) is 4.66. The number of para-hydroxylation sites is 2. The van der Waals surface area contributed by atoms with Gasteiger partial charge in [0, 0.05) is 11.3 Å². The first-order valence-corrected chi connectivity index (χ1v) is 8.20. The van der Waals surface area contributed by atoms with Crippen molar-refractivity contribution in [3.05, 3.63) is 66.2 Å². The van der Waals surface area contributed by atoms with Gasteiger partial charge in [-0.1, -0.05) is 43.3 Å². The highest BCUT2D eigenvalue weighted by molar-refractivity contribution is 6.27. The topological polar surface area (TPSA) is 44.7 Å². The molecule has 0 saturated carbocycles. The molecular weight excluding hydrogens is 298 g/mol. The van der Waals surface area contributed by atoms with Gasteiger partial charge in [0.05, 0.1) is 11.4 Å². The molecule has 2 heterocycles. The van der Waals surface area contributed by atoms with Gasteiger partial charge in [-0.2, -0.15) is 10.1 Å². The Kier molecular flexibility index (Phi) is 3.27. The summed E-state index contributed by atoms with van der Waals surface area (Å²) in [7, 11) is 0. The van der Waals surface area contributed by atoms with Crippen LogP contribution in [-0.4, -0.2) is 17.2 Å². The lowest BCUT2D eigenvalue weighted by molar-refractivity contribution is -0.119. The van der Waals surface area contributed by atoms with Gasteiger partial charge in [0.15, 0.2) is 5.54 Å². The largest absolute Gasteiger partial charge is 0.363 e. The zero-order valence-corrected chi connectivity index (χ0v) is 13.8. The third kappa shape index (κ3) is 1.99. The van der Waals surface area contributed by atoms with Crippen LogP contribution in [0.15, 0.2) is 65.8 Å². The van der Waals surface area contributed by atoms with E-state index in [2.05, 4.69) is 16.5 Å². The average Bonchev–Trinajstić information content (AvgIpc) is 2.88. The number of benzene rings is 2. The molecule has 2 aromatic rings. The number of carbonyl (C=O) groups excluding carboxylic acids is 1. The molecule has 0 aromatic heterocycles. The molecule has 4 rings (SSSR count). The van der Waals surface area contributed by atoms with Crippen molar-refractivity contribution in [3.8, 4) is 0 Å². The van der Waals surface area contributed by atoms with E-state index < -0.39 is 5.54 Å². The van der Waals surface area contributed by atoms with Crippen molar-refractivity contribution in [3.63, 3.8) is 0 Å². The van der Waals surface area contributed by atoms with Crippen molar-refractivity contribution in [1.82, 2.24) is 0 Å². The fourth-order valence-corrected chi connectivity index (χ4v) is 3.49. The first-order valence-electron chi connectivity index (χ1n) is 8.20. The Labute approximate surface area is 141 Å². The van der Waals surface area contributed by atoms with Crippen LogP contribution in [0.1, 0.15) is 25.8 Å². The summed E-state index contributed by atoms with van der Waals surface area (Å²) in [6, 6.07) is 17.6. The maximum absolute atomic E-state index is 13.3. The summed E-state index contributed by atoms with van der Waals surface area (Å²) in [6.07, 6.45) is 2.72. The van der Waals surface area contributed by atoms with Crippen LogP contribution >= 0.6 is 0 Å². The Balaban J connectivity index is 1.83. The fourth-order valence-electron chi connectivity index (χ4n) is 3.49. The highest BCUT2D eigenvalue weighted by Gasteiger charge is 2.51. The number of nitrogens with zero attached hydrogens (tertiary/aromatic N) is 2. The van der Waals surface area contributed by atoms with E-state index in [-0.39, 0.29) is 5.91 Å². The highest BCUT2D eigenvalue weighted by atomic mass is 16.2. The Bertz CT molecular complexity index is 869. The second kappa shape index (κ2) is 5.34. The molecule has 1 atom stereocenters. The Morgan fingerprint density at radius 2 is 1.79 bits per heavy atom. The lowest BCUT2D eigenvalue weighted by atomic mass is 9.83. The molecule has 0 aliphatic carbocycles. The van der Waals surface area contributed by atoms with Crippen LogP contribution in [0.25, 0.3) is 5.57 Å². The highest BCUT2D eigenvalue weighted by Crippen LogP contribution is 2.39. The van der Waals surface area contributed by atoms with Gasteiger partial charge >= 0.3 is 0 Å². The number of hydrogen-bond donors (Lipinski definition) is 1. The number of amides is 1. The summed E-state index contributed by atoms with van der Waals surface area (Å²) < 4.78 is 0. The summed E-state index contributed by atoms with van der Waals surface area (Å²) in [5, 5.41) is 9.61. The molecule has 24 heavy (non-hydrogen) atoms. The number of anilines is 2. The number of hydrazone groups is 1. The first-order chi connectivity index (χ1) is 11.7. The van der Waals surface area contributed by atoms with E-state index in [0.29, 0.717) is 6.42 Å². The fraction of sp³-hybridized carbons (Fsp3) is 0.200. The van der Waals surface area contributed by atoms with Gasteiger partial charge in [-0.25, -0.2) is 0 Å². The van der Waals surface area contributed by atoms with Gasteiger partial charge < -0.3 is 5.32 Å². The van der Waals surface area contributed by atoms with Crippen molar-refractivity contribution in [2.45, 2.75) is 25.8 Å². The van der Waals surface area contributed by atoms with Crippen LogP contribution in [-0.2, 0) is 4.79 Å². The van der Waals surface area contributed by atoms with E-state index in [0.717, 1.165) is 28.2 Å². The molecule has 2 aliphatic heterocycles. The molecular formula is C20H19N3O. The molecule has 4 heteroatoms. The zero-order chi connectivity index (χ0) is 16.7. The molecule has 1 unspecified atom stereocenters. The van der Waals surface area contributed by atoms with Gasteiger partial charge in [0.2, 0.25) is 0 Å². The van der Waals surface area contributed by atoms with Crippen LogP contribution < -0.4 is 10.3 Å². The van der Waals surface area contributed by atoms with E-state index >= 15 is 0 Å². The van der Waals surface area contributed by atoms with E-state index in [1.807, 2.05) is 68.5 Å². The number of hydrogen-bond acceptors (Lipinski definition) is 3. The second-order valence-corrected chi connectivity index (χ2v) is 6.16. The monoisotopic (exact) mass is 317 g/mol. The van der Waals surface area contributed by atoms with Crippen LogP contribution in [0, 0.1) is 0 Å². The molecule has 0 bridgehead atoms. The van der Waals surface area contributed by atoms with E-state index in [1.54, 1.807) is 0 Å². The van der Waals surface area contributed by atoms with Crippen LogP contribution in [0.5, 0.6) is 0 Å². The smallest absolute Gasteiger partial charge is 0.283 e. The van der Waals surface area contributed by atoms with Crippen LogP contribution in [0.2, 0.25) is 0 Å². The minimum absolute atomic E-state index is 0.0561. The number of nitrogens with one attached hydrogen (secondary N) is 1. The Morgan fingerprint density at radius 3 is 2.54 bits per heavy atom. The second-order valence-electron chi connectivity index (χ2n) is 6.16. The summed E-state index contributed by atoms with van der Waals surface area (Å²) >= 11 is 0. The van der Waals surface area contributed by atoms with Crippen molar-refractivity contribution >= 4 is 28.6 Å². The summed E-state index contributed by atoms with van der Waals surface area (Å²) in [5.74, 6) is -0.0561. The predicted molar refractivity (Wildman–Crippen MR) is 98.1 cm³/mol. The van der Waals surface area contributed by atoms with Crippen LogP contribution in [0.3, 0.4) is 0 Å². The van der Waals surface area contributed by atoms with Gasteiger partial charge in [0.25, 0.3) is 5.91 Å². The molecule has 0 fully saturated rings. The van der Waals surface area contributed by atoms with Crippen LogP contribution in [0.4, 0.5) is 11.4 Å². The summed E-state index contributed by atoms with van der Waals surface area (Å²) in [6.45, 7) is 4.08. The quantitative estimate of drug-likeness (QED) is 0.907. The number of allylic oxidation sites excluding steroid dienone is 1. The zero-order valence-electron chi connectivity index (χ0n) is 13.8. The summed E-state index contributed by atoms with van der Waals surface area (Å²) in [5.41, 5.74) is 3.94. The first kappa shape index (κ1) is 14.7. The molecule has 1 N–H and O–H groups in total. The maximum Gasteiger partial charge on any atom is 0.283 e. The number of rotatable bonds is 2. The molecule has 4 nitrogen and oxygen atoms in total. The lowest BCUT2D eigenvalue weighted by Crippen LogP contribution is -2.52. The maximum atomic E-state index is 13.3. The van der Waals surface area contributed by atoms with E-state index in [9.17, 15) is 4.79 Å². The average molecular weight is 317 g/mol. The summed E-state index contributed by atoms with van der Waals surface area (Å²) in [4.78, 5) is 13.3. The Hall–Kier alpha value is -2.88. The van der Waals surface area contributed by atoms with Gasteiger partial charge in [-0.15, -0.1) is 0 Å².